The summed E-state index contributed by atoms with van der Waals surface area (Å²) in [5, 5.41) is 0. The van der Waals surface area contributed by atoms with E-state index in [0.29, 0.717) is 16.2 Å². The minimum atomic E-state index is -0.609. The Morgan fingerprint density at radius 3 is 2.65 bits per heavy atom. The van der Waals surface area contributed by atoms with Crippen molar-refractivity contribution in [2.24, 2.45) is 0 Å². The molecule has 0 spiro atoms. The van der Waals surface area contributed by atoms with Crippen molar-refractivity contribution in [1.82, 2.24) is 0 Å². The maximum absolute atomic E-state index is 13.5. The Kier molecular flexibility index (Phi) is 4.74. The normalized spacial score (nSPS) is 10.3. The molecule has 0 unspecified atom stereocenters. The van der Waals surface area contributed by atoms with Crippen LogP contribution in [-0.4, -0.2) is 13.1 Å². The highest BCUT2D eigenvalue weighted by Gasteiger charge is 2.12. The van der Waals surface area contributed by atoms with Gasteiger partial charge in [0.05, 0.1) is 12.7 Å². The number of hydrogen-bond acceptors (Lipinski definition) is 3. The molecule has 0 aliphatic heterocycles. The second kappa shape index (κ2) is 6.52. The van der Waals surface area contributed by atoms with Crippen LogP contribution >= 0.6 is 11.8 Å². The molecule has 20 heavy (non-hydrogen) atoms. The lowest BCUT2D eigenvalue weighted by molar-refractivity contribution is 0.0600. The van der Waals surface area contributed by atoms with E-state index in [0.717, 1.165) is 11.6 Å². The second-order valence-electron chi connectivity index (χ2n) is 4.01. The first-order chi connectivity index (χ1) is 9.61. The number of methoxy groups -OCH3 is 1. The number of halogens is 2. The van der Waals surface area contributed by atoms with Crippen molar-refractivity contribution in [3.63, 3.8) is 0 Å². The molecule has 2 aromatic carbocycles. The number of rotatable bonds is 4. The molecule has 2 aromatic rings. The largest absolute Gasteiger partial charge is 0.465 e. The molecule has 2 nitrogen and oxygen atoms in total. The van der Waals surface area contributed by atoms with Gasteiger partial charge in [0, 0.05) is 16.7 Å². The molecule has 2 rings (SSSR count). The molecular weight excluding hydrogens is 282 g/mol. The molecule has 0 saturated heterocycles. The van der Waals surface area contributed by atoms with Crippen molar-refractivity contribution in [3.8, 4) is 0 Å². The van der Waals surface area contributed by atoms with Gasteiger partial charge in [-0.15, -0.1) is 11.8 Å². The summed E-state index contributed by atoms with van der Waals surface area (Å²) in [6, 6.07) is 10.4. The highest BCUT2D eigenvalue weighted by atomic mass is 32.2. The minimum Gasteiger partial charge on any atom is -0.465 e. The third-order valence-electron chi connectivity index (χ3n) is 2.70. The molecule has 0 N–H and O–H groups in total. The van der Waals surface area contributed by atoms with Crippen LogP contribution in [0.2, 0.25) is 0 Å². The lowest BCUT2D eigenvalue weighted by Gasteiger charge is -2.08. The molecule has 0 atom stereocenters. The summed E-state index contributed by atoms with van der Waals surface area (Å²) in [5.74, 6) is -1.25. The zero-order valence-corrected chi connectivity index (χ0v) is 11.5. The predicted molar refractivity (Wildman–Crippen MR) is 73.7 cm³/mol. The summed E-state index contributed by atoms with van der Waals surface area (Å²) < 4.78 is 31.0. The fourth-order valence-corrected chi connectivity index (χ4v) is 2.63. The summed E-state index contributed by atoms with van der Waals surface area (Å²) in [5.41, 5.74) is 1.19. The molecular formula is C15H12F2O2S. The standard InChI is InChI=1S/C15H12F2O2S/c1-19-15(18)12-5-3-2-4-10(12)9-20-14-7-6-11(16)8-13(14)17/h2-8H,9H2,1H3. The van der Waals surface area contributed by atoms with Crippen LogP contribution in [-0.2, 0) is 10.5 Å². The first-order valence-corrected chi connectivity index (χ1v) is 6.84. The average Bonchev–Trinajstić information content (AvgIpc) is 2.46. The van der Waals surface area contributed by atoms with E-state index in [1.54, 1.807) is 24.3 Å². The maximum Gasteiger partial charge on any atom is 0.338 e. The van der Waals surface area contributed by atoms with Gasteiger partial charge in [-0.25, -0.2) is 13.6 Å². The van der Waals surface area contributed by atoms with Gasteiger partial charge in [-0.05, 0) is 23.8 Å². The van der Waals surface area contributed by atoms with Gasteiger partial charge in [-0.3, -0.25) is 0 Å². The Bertz CT molecular complexity index is 629. The molecule has 0 aromatic heterocycles. The van der Waals surface area contributed by atoms with Gasteiger partial charge in [0.25, 0.3) is 0 Å². The fraction of sp³-hybridized carbons (Fsp3) is 0.133. The van der Waals surface area contributed by atoms with Crippen molar-refractivity contribution in [3.05, 3.63) is 65.2 Å². The third kappa shape index (κ3) is 3.36. The number of ether oxygens (including phenoxy) is 1. The number of carbonyl (C=O) groups excluding carboxylic acids is 1. The quantitative estimate of drug-likeness (QED) is 0.629. The molecule has 5 heteroatoms. The van der Waals surface area contributed by atoms with E-state index < -0.39 is 17.6 Å². The molecule has 0 aliphatic rings. The Morgan fingerprint density at radius 1 is 1.20 bits per heavy atom. The highest BCUT2D eigenvalue weighted by Crippen LogP contribution is 2.27. The van der Waals surface area contributed by atoms with Crippen LogP contribution in [0.3, 0.4) is 0 Å². The van der Waals surface area contributed by atoms with Crippen molar-refractivity contribution in [2.45, 2.75) is 10.6 Å². The zero-order chi connectivity index (χ0) is 14.5. The highest BCUT2D eigenvalue weighted by molar-refractivity contribution is 7.98. The van der Waals surface area contributed by atoms with E-state index in [9.17, 15) is 13.6 Å². The van der Waals surface area contributed by atoms with Crippen LogP contribution in [0, 0.1) is 11.6 Å². The topological polar surface area (TPSA) is 26.3 Å². The van der Waals surface area contributed by atoms with Gasteiger partial charge in [-0.1, -0.05) is 18.2 Å². The van der Waals surface area contributed by atoms with E-state index in [2.05, 4.69) is 0 Å². The number of thioether (sulfide) groups is 1. The maximum atomic E-state index is 13.5. The SMILES string of the molecule is COC(=O)c1ccccc1CSc1ccc(F)cc1F. The number of esters is 1. The lowest BCUT2D eigenvalue weighted by Crippen LogP contribution is -2.04. The van der Waals surface area contributed by atoms with E-state index in [-0.39, 0.29) is 0 Å². The molecule has 0 bridgehead atoms. The number of carbonyl (C=O) groups is 1. The Balaban J connectivity index is 2.17. The van der Waals surface area contributed by atoms with Crippen LogP contribution in [0.25, 0.3) is 0 Å². The Hall–Kier alpha value is -1.88. The van der Waals surface area contributed by atoms with Gasteiger partial charge in [0.2, 0.25) is 0 Å². The zero-order valence-electron chi connectivity index (χ0n) is 10.7. The van der Waals surface area contributed by atoms with Crippen molar-refractivity contribution < 1.29 is 18.3 Å². The average molecular weight is 294 g/mol. The van der Waals surface area contributed by atoms with Crippen molar-refractivity contribution >= 4 is 17.7 Å². The summed E-state index contributed by atoms with van der Waals surface area (Å²) in [6.07, 6.45) is 0. The minimum absolute atomic E-state index is 0.339. The van der Waals surface area contributed by atoms with Gasteiger partial charge < -0.3 is 4.74 Å². The Labute approximate surface area is 119 Å². The molecule has 0 aliphatic carbocycles. The first kappa shape index (κ1) is 14.5. The predicted octanol–water partition coefficient (Wildman–Crippen LogP) is 4.04. The summed E-state index contributed by atoms with van der Waals surface area (Å²) in [4.78, 5) is 11.9. The van der Waals surface area contributed by atoms with Gasteiger partial charge in [0.1, 0.15) is 11.6 Å². The number of hydrogen-bond donors (Lipinski definition) is 0. The van der Waals surface area contributed by atoms with Crippen LogP contribution in [0.15, 0.2) is 47.4 Å². The van der Waals surface area contributed by atoms with Crippen LogP contribution in [0.1, 0.15) is 15.9 Å². The van der Waals surface area contributed by atoms with Crippen LogP contribution in [0.5, 0.6) is 0 Å². The molecule has 0 amide bonds. The first-order valence-electron chi connectivity index (χ1n) is 5.86. The monoisotopic (exact) mass is 294 g/mol. The van der Waals surface area contributed by atoms with Crippen molar-refractivity contribution in [1.29, 1.82) is 0 Å². The van der Waals surface area contributed by atoms with Gasteiger partial charge in [0.15, 0.2) is 0 Å². The van der Waals surface area contributed by atoms with Gasteiger partial charge in [-0.2, -0.15) is 0 Å². The van der Waals surface area contributed by atoms with Crippen LogP contribution in [0.4, 0.5) is 8.78 Å². The smallest absolute Gasteiger partial charge is 0.338 e. The third-order valence-corrected chi connectivity index (χ3v) is 3.80. The molecule has 0 radical (unpaired) electrons. The summed E-state index contributed by atoms with van der Waals surface area (Å²) >= 11 is 1.20. The van der Waals surface area contributed by atoms with Crippen LogP contribution < -0.4 is 0 Å². The molecule has 0 heterocycles. The number of benzene rings is 2. The Morgan fingerprint density at radius 2 is 1.95 bits per heavy atom. The van der Waals surface area contributed by atoms with E-state index >= 15 is 0 Å². The molecule has 104 valence electrons. The van der Waals surface area contributed by atoms with Gasteiger partial charge >= 0.3 is 5.97 Å². The lowest BCUT2D eigenvalue weighted by atomic mass is 10.1. The molecule has 0 fully saturated rings. The fourth-order valence-electron chi connectivity index (χ4n) is 1.70. The van der Waals surface area contributed by atoms with E-state index in [1.807, 2.05) is 0 Å². The summed E-state index contributed by atoms with van der Waals surface area (Å²) in [6.45, 7) is 0. The van der Waals surface area contributed by atoms with Crippen molar-refractivity contribution in [2.75, 3.05) is 7.11 Å². The second-order valence-corrected chi connectivity index (χ2v) is 5.03. The van der Waals surface area contributed by atoms with E-state index in [1.165, 1.54) is 31.0 Å². The van der Waals surface area contributed by atoms with E-state index in [4.69, 9.17) is 4.74 Å². The summed E-state index contributed by atoms with van der Waals surface area (Å²) in [7, 11) is 1.31. The molecule has 0 saturated carbocycles.